The van der Waals surface area contributed by atoms with E-state index >= 15 is 0 Å². The molecule has 5 heteroatoms. The Morgan fingerprint density at radius 3 is 2.47 bits per heavy atom. The van der Waals surface area contributed by atoms with Crippen LogP contribution in [0.5, 0.6) is 0 Å². The predicted molar refractivity (Wildman–Crippen MR) is 81.8 cm³/mol. The summed E-state index contributed by atoms with van der Waals surface area (Å²) in [4.78, 5) is 4.72. The van der Waals surface area contributed by atoms with E-state index in [2.05, 4.69) is 5.43 Å². The van der Waals surface area contributed by atoms with Crippen molar-refractivity contribution in [3.05, 3.63) is 33.8 Å². The van der Waals surface area contributed by atoms with E-state index in [0.717, 1.165) is 18.4 Å². The van der Waals surface area contributed by atoms with Gasteiger partial charge >= 0.3 is 0 Å². The molecule has 1 aromatic carbocycles. The number of aliphatic imine (C=N–C) groups is 1. The van der Waals surface area contributed by atoms with Crippen LogP contribution in [0.25, 0.3) is 0 Å². The zero-order valence-corrected chi connectivity index (χ0v) is 12.3. The van der Waals surface area contributed by atoms with Crippen molar-refractivity contribution in [1.29, 1.82) is 0 Å². The van der Waals surface area contributed by atoms with Gasteiger partial charge in [0.1, 0.15) is 5.84 Å². The Hall–Kier alpha value is -0.770. The van der Waals surface area contributed by atoms with E-state index in [4.69, 9.17) is 34.0 Å². The lowest BCUT2D eigenvalue weighted by molar-refractivity contribution is 0.583. The van der Waals surface area contributed by atoms with Gasteiger partial charge < -0.3 is 5.43 Å². The Bertz CT molecular complexity index is 452. The summed E-state index contributed by atoms with van der Waals surface area (Å²) >= 11 is 12.2. The van der Waals surface area contributed by atoms with Gasteiger partial charge in [-0.05, 0) is 25.0 Å². The van der Waals surface area contributed by atoms with Crippen LogP contribution < -0.4 is 11.3 Å². The fraction of sp³-hybridized carbons (Fsp3) is 0.500. The molecule has 0 amide bonds. The van der Waals surface area contributed by atoms with Crippen molar-refractivity contribution in [1.82, 2.24) is 5.43 Å². The van der Waals surface area contributed by atoms with Crippen molar-refractivity contribution < 1.29 is 0 Å². The number of nitrogens with one attached hydrogen (secondary N) is 1. The highest BCUT2D eigenvalue weighted by Gasteiger charge is 2.15. The van der Waals surface area contributed by atoms with Crippen molar-refractivity contribution in [2.24, 2.45) is 10.8 Å². The van der Waals surface area contributed by atoms with E-state index < -0.39 is 0 Å². The molecular weight excluding hydrogens is 281 g/mol. The van der Waals surface area contributed by atoms with Gasteiger partial charge in [0.2, 0.25) is 0 Å². The van der Waals surface area contributed by atoms with Crippen molar-refractivity contribution >= 4 is 29.0 Å². The number of amidine groups is 1. The first-order valence-electron chi connectivity index (χ1n) is 6.71. The minimum absolute atomic E-state index is 0.323. The molecular formula is C14H19Cl2N3. The van der Waals surface area contributed by atoms with Gasteiger partial charge in [0, 0.05) is 5.56 Å². The molecule has 3 N–H and O–H groups in total. The summed E-state index contributed by atoms with van der Waals surface area (Å²) in [6.45, 7) is 0. The number of rotatable bonds is 2. The number of benzene rings is 1. The summed E-state index contributed by atoms with van der Waals surface area (Å²) < 4.78 is 0. The first-order valence-corrected chi connectivity index (χ1v) is 7.46. The lowest BCUT2D eigenvalue weighted by Crippen LogP contribution is -2.32. The molecule has 0 aromatic heterocycles. The second kappa shape index (κ2) is 7.13. The van der Waals surface area contributed by atoms with Gasteiger partial charge in [-0.1, -0.05) is 55.0 Å². The van der Waals surface area contributed by atoms with Gasteiger partial charge in [0.25, 0.3) is 0 Å². The highest BCUT2D eigenvalue weighted by atomic mass is 35.5. The second-order valence-electron chi connectivity index (χ2n) is 4.87. The summed E-state index contributed by atoms with van der Waals surface area (Å²) in [5, 5.41) is 1.01. The van der Waals surface area contributed by atoms with Crippen LogP contribution in [0.4, 0.5) is 0 Å². The quantitative estimate of drug-likeness (QED) is 0.286. The lowest BCUT2D eigenvalue weighted by atomic mass is 10.1. The Balaban J connectivity index is 2.25. The third-order valence-corrected chi connectivity index (χ3v) is 4.30. The van der Waals surface area contributed by atoms with E-state index in [9.17, 15) is 0 Å². The fourth-order valence-corrected chi connectivity index (χ4v) is 2.83. The second-order valence-corrected chi connectivity index (χ2v) is 5.65. The molecule has 1 aliphatic carbocycles. The highest BCUT2D eigenvalue weighted by molar-refractivity contribution is 6.44. The van der Waals surface area contributed by atoms with Gasteiger partial charge in [-0.25, -0.2) is 5.84 Å². The molecule has 3 nitrogen and oxygen atoms in total. The van der Waals surface area contributed by atoms with Crippen LogP contribution in [-0.4, -0.2) is 11.9 Å². The molecule has 0 aliphatic heterocycles. The molecule has 1 aliphatic rings. The maximum absolute atomic E-state index is 6.21. The number of hydrogen-bond acceptors (Lipinski definition) is 2. The van der Waals surface area contributed by atoms with Crippen molar-refractivity contribution in [3.63, 3.8) is 0 Å². The summed E-state index contributed by atoms with van der Waals surface area (Å²) in [7, 11) is 0. The van der Waals surface area contributed by atoms with Crippen LogP contribution in [0.15, 0.2) is 23.2 Å². The van der Waals surface area contributed by atoms with Crippen LogP contribution in [0.2, 0.25) is 10.0 Å². The van der Waals surface area contributed by atoms with Gasteiger partial charge in [-0.2, -0.15) is 0 Å². The maximum Gasteiger partial charge on any atom is 0.144 e. The highest BCUT2D eigenvalue weighted by Crippen LogP contribution is 2.26. The average molecular weight is 300 g/mol. The Labute approximate surface area is 124 Å². The van der Waals surface area contributed by atoms with Crippen LogP contribution in [-0.2, 0) is 0 Å². The maximum atomic E-state index is 6.21. The summed E-state index contributed by atoms with van der Waals surface area (Å²) in [6.07, 6.45) is 7.29. The van der Waals surface area contributed by atoms with Crippen LogP contribution >= 0.6 is 23.2 Å². The average Bonchev–Trinajstić information content (AvgIpc) is 2.68. The van der Waals surface area contributed by atoms with Gasteiger partial charge in [0.15, 0.2) is 0 Å². The molecule has 2 rings (SSSR count). The molecule has 0 radical (unpaired) electrons. The molecule has 1 saturated carbocycles. The first-order chi connectivity index (χ1) is 9.22. The summed E-state index contributed by atoms with van der Waals surface area (Å²) in [5.41, 5.74) is 3.43. The number of nitrogens with zero attached hydrogens (tertiary/aromatic N) is 1. The molecule has 0 bridgehead atoms. The topological polar surface area (TPSA) is 50.4 Å². The first kappa shape index (κ1) is 14.6. The molecule has 19 heavy (non-hydrogen) atoms. The third-order valence-electron chi connectivity index (χ3n) is 3.48. The zero-order chi connectivity index (χ0) is 13.7. The SMILES string of the molecule is NNC(=NC1CCCCCC1)c1cccc(Cl)c1Cl. The predicted octanol–water partition coefficient (Wildman–Crippen LogP) is 3.93. The number of hydrogen-bond donors (Lipinski definition) is 2. The van der Waals surface area contributed by atoms with Crippen molar-refractivity contribution in [3.8, 4) is 0 Å². The van der Waals surface area contributed by atoms with E-state index in [0.29, 0.717) is 21.9 Å². The third kappa shape index (κ3) is 3.85. The number of hydrazine groups is 1. The molecule has 104 valence electrons. The van der Waals surface area contributed by atoms with Crippen LogP contribution in [0.3, 0.4) is 0 Å². The molecule has 0 spiro atoms. The van der Waals surface area contributed by atoms with Gasteiger partial charge in [0.05, 0.1) is 16.1 Å². The summed E-state index contributed by atoms with van der Waals surface area (Å²) in [6, 6.07) is 5.81. The van der Waals surface area contributed by atoms with Gasteiger partial charge in [-0.15, -0.1) is 0 Å². The largest absolute Gasteiger partial charge is 0.308 e. The molecule has 0 atom stereocenters. The number of halogens is 2. The lowest BCUT2D eigenvalue weighted by Gasteiger charge is -2.14. The Morgan fingerprint density at radius 1 is 1.16 bits per heavy atom. The number of nitrogens with two attached hydrogens (primary N) is 1. The normalized spacial score (nSPS) is 18.2. The Kier molecular flexibility index (Phi) is 5.49. The van der Waals surface area contributed by atoms with E-state index in [1.807, 2.05) is 12.1 Å². The van der Waals surface area contributed by atoms with E-state index in [1.165, 1.54) is 25.7 Å². The fourth-order valence-electron chi connectivity index (χ4n) is 2.44. The smallest absolute Gasteiger partial charge is 0.144 e. The van der Waals surface area contributed by atoms with Crippen LogP contribution in [0, 0.1) is 0 Å². The molecule has 1 aromatic rings. The van der Waals surface area contributed by atoms with Crippen molar-refractivity contribution in [2.75, 3.05) is 0 Å². The van der Waals surface area contributed by atoms with Crippen LogP contribution in [0.1, 0.15) is 44.1 Å². The molecule has 0 saturated heterocycles. The van der Waals surface area contributed by atoms with E-state index in [-0.39, 0.29) is 0 Å². The Morgan fingerprint density at radius 2 is 1.84 bits per heavy atom. The molecule has 1 fully saturated rings. The monoisotopic (exact) mass is 299 g/mol. The van der Waals surface area contributed by atoms with E-state index in [1.54, 1.807) is 6.07 Å². The zero-order valence-electron chi connectivity index (χ0n) is 10.8. The van der Waals surface area contributed by atoms with Crippen molar-refractivity contribution in [2.45, 2.75) is 44.6 Å². The standard InChI is InChI=1S/C14H19Cl2N3/c15-12-9-5-8-11(13(12)16)14(19-17)18-10-6-3-1-2-4-7-10/h5,8-10H,1-4,6-7,17H2,(H,18,19). The minimum Gasteiger partial charge on any atom is -0.308 e. The minimum atomic E-state index is 0.323. The summed E-state index contributed by atoms with van der Waals surface area (Å²) in [5.74, 6) is 6.22. The van der Waals surface area contributed by atoms with Gasteiger partial charge in [-0.3, -0.25) is 4.99 Å². The molecule has 0 heterocycles. The molecule has 0 unspecified atom stereocenters.